The third-order valence-electron chi connectivity index (χ3n) is 16.6. The number of carbonyl (C=O) groups excluding carboxylic acids is 2. The van der Waals surface area contributed by atoms with Crippen LogP contribution in [0, 0.1) is 0 Å². The molecule has 424 valence electrons. The van der Waals surface area contributed by atoms with E-state index in [0.717, 1.165) is 76.7 Å². The number of nitrogens with one attached hydrogen (secondary N) is 1. The minimum absolute atomic E-state index is 0.0121. The Labute approximate surface area is 471 Å². The van der Waals surface area contributed by atoms with Crippen LogP contribution in [0.15, 0.2) is 104 Å². The van der Waals surface area contributed by atoms with Crippen LogP contribution in [0.25, 0.3) is 32.7 Å². The summed E-state index contributed by atoms with van der Waals surface area (Å²) < 4.78 is 4.42. The van der Waals surface area contributed by atoms with Gasteiger partial charge >= 0.3 is 0 Å². The molecule has 2 aromatic heterocycles. The van der Waals surface area contributed by atoms with Crippen molar-refractivity contribution in [3.8, 4) is 11.1 Å². The van der Waals surface area contributed by atoms with Crippen molar-refractivity contribution < 1.29 is 18.7 Å². The predicted octanol–water partition coefficient (Wildman–Crippen LogP) is 18.9. The monoisotopic (exact) mass is 1050 g/mol. The molecule has 1 N–H and O–H groups in total. The van der Waals surface area contributed by atoms with E-state index in [0.29, 0.717) is 12.8 Å². The fourth-order valence-corrected chi connectivity index (χ4v) is 11.7. The molecule has 0 bridgehead atoms. The van der Waals surface area contributed by atoms with Crippen LogP contribution in [0.4, 0.5) is 0 Å². The van der Waals surface area contributed by atoms with E-state index in [1.165, 1.54) is 212 Å². The first kappa shape index (κ1) is 63.3. The highest BCUT2D eigenvalue weighted by atomic mass is 16.2. The van der Waals surface area contributed by atoms with E-state index in [9.17, 15) is 4.79 Å². The molecule has 5 rings (SSSR count). The Morgan fingerprint density at radius 2 is 0.792 bits per heavy atom. The summed E-state index contributed by atoms with van der Waals surface area (Å²) in [6.45, 7) is 10.2. The van der Waals surface area contributed by atoms with Crippen molar-refractivity contribution >= 4 is 33.4 Å². The number of amides is 2. The Morgan fingerprint density at radius 1 is 0.429 bits per heavy atom. The second-order valence-corrected chi connectivity index (χ2v) is 23.1. The van der Waals surface area contributed by atoms with Crippen LogP contribution in [0.2, 0.25) is 0 Å². The van der Waals surface area contributed by atoms with Gasteiger partial charge in [0.05, 0.1) is 0 Å². The van der Waals surface area contributed by atoms with Crippen molar-refractivity contribution in [3.05, 3.63) is 109 Å². The van der Waals surface area contributed by atoms with Crippen molar-refractivity contribution in [1.29, 1.82) is 0 Å². The number of fused-ring (bicyclic) bond motifs is 2. The summed E-state index contributed by atoms with van der Waals surface area (Å²) in [5, 5.41) is 8.07. The molecule has 6 heteroatoms. The quantitative estimate of drug-likeness (QED) is 0.0240. The Kier molecular flexibility index (Phi) is 33.3. The van der Waals surface area contributed by atoms with Crippen LogP contribution in [0.1, 0.15) is 257 Å². The molecule has 0 saturated heterocycles. The van der Waals surface area contributed by atoms with Gasteiger partial charge in [0.1, 0.15) is 19.1 Å². The SMILES string of the molecule is CCCCCCCCCCCCCCCCCCN(CCCCCCCCCCCCCCCCCC)C(=O)C(Cc1c2ccccc2cc2ccccc12)NC(=O)CCCCC[n+]1ccc(-c2cc[n+](CC)cc2)cc1. The van der Waals surface area contributed by atoms with E-state index in [1.807, 2.05) is 0 Å². The summed E-state index contributed by atoms with van der Waals surface area (Å²) >= 11 is 0. The first-order valence-electron chi connectivity index (χ1n) is 32.5. The van der Waals surface area contributed by atoms with Gasteiger partial charge in [0.25, 0.3) is 0 Å². The number of nitrogens with zero attached hydrogens (tertiary/aromatic N) is 3. The number of hydrogen-bond donors (Lipinski definition) is 1. The van der Waals surface area contributed by atoms with Crippen molar-refractivity contribution in [1.82, 2.24) is 10.2 Å². The highest BCUT2D eigenvalue weighted by molar-refractivity contribution is 6.03. The molecule has 0 aliphatic carbocycles. The van der Waals surface area contributed by atoms with E-state index >= 15 is 4.79 Å². The van der Waals surface area contributed by atoms with Crippen molar-refractivity contribution in [2.45, 2.75) is 277 Å². The lowest BCUT2D eigenvalue weighted by atomic mass is 9.92. The Hall–Kier alpha value is -4.58. The average molecular weight is 1050 g/mol. The van der Waals surface area contributed by atoms with Gasteiger partial charge < -0.3 is 10.2 Å². The summed E-state index contributed by atoms with van der Waals surface area (Å²) in [6.07, 6.45) is 55.0. The molecule has 0 spiro atoms. The topological polar surface area (TPSA) is 57.2 Å². The third kappa shape index (κ3) is 25.8. The van der Waals surface area contributed by atoms with E-state index in [-0.39, 0.29) is 11.8 Å². The fourth-order valence-electron chi connectivity index (χ4n) is 11.7. The maximum Gasteiger partial charge on any atom is 0.245 e. The zero-order valence-electron chi connectivity index (χ0n) is 49.5. The van der Waals surface area contributed by atoms with Gasteiger partial charge in [-0.2, -0.15) is 0 Å². The number of benzene rings is 3. The van der Waals surface area contributed by atoms with Crippen LogP contribution in [-0.4, -0.2) is 35.8 Å². The molecule has 5 aromatic rings. The number of carbonyl (C=O) groups is 2. The molecular weight excluding hydrogens is 941 g/mol. The number of aromatic nitrogens is 2. The predicted molar refractivity (Wildman–Crippen MR) is 329 cm³/mol. The van der Waals surface area contributed by atoms with Crippen LogP contribution in [0.3, 0.4) is 0 Å². The zero-order chi connectivity index (χ0) is 54.2. The largest absolute Gasteiger partial charge is 0.344 e. The molecule has 2 heterocycles. The average Bonchev–Trinajstić information content (AvgIpc) is 3.46. The van der Waals surface area contributed by atoms with Crippen LogP contribution in [0.5, 0.6) is 0 Å². The van der Waals surface area contributed by atoms with E-state index in [1.54, 1.807) is 0 Å². The zero-order valence-corrected chi connectivity index (χ0v) is 49.5. The molecule has 6 nitrogen and oxygen atoms in total. The lowest BCUT2D eigenvalue weighted by Crippen LogP contribution is -2.50. The number of hydrogen-bond acceptors (Lipinski definition) is 2. The van der Waals surface area contributed by atoms with Gasteiger partial charge in [-0.15, -0.1) is 0 Å². The minimum Gasteiger partial charge on any atom is -0.344 e. The minimum atomic E-state index is -0.621. The summed E-state index contributed by atoms with van der Waals surface area (Å²) in [6, 6.07) is 27.5. The van der Waals surface area contributed by atoms with E-state index < -0.39 is 6.04 Å². The first-order chi connectivity index (χ1) is 38.0. The second kappa shape index (κ2) is 40.6. The highest BCUT2D eigenvalue weighted by Gasteiger charge is 2.28. The molecule has 1 unspecified atom stereocenters. The molecule has 0 aliphatic heterocycles. The van der Waals surface area contributed by atoms with Crippen molar-refractivity contribution in [2.75, 3.05) is 13.1 Å². The maximum absolute atomic E-state index is 15.2. The lowest BCUT2D eigenvalue weighted by molar-refractivity contribution is -0.697. The molecule has 1 atom stereocenters. The highest BCUT2D eigenvalue weighted by Crippen LogP contribution is 2.30. The normalized spacial score (nSPS) is 11.9. The Balaban J connectivity index is 1.15. The molecule has 3 aromatic carbocycles. The van der Waals surface area contributed by atoms with Gasteiger partial charge in [-0.05, 0) is 76.9 Å². The van der Waals surface area contributed by atoms with Gasteiger partial charge in [0, 0.05) is 56.6 Å². The van der Waals surface area contributed by atoms with E-state index in [2.05, 4.69) is 144 Å². The van der Waals surface area contributed by atoms with Crippen molar-refractivity contribution in [2.24, 2.45) is 0 Å². The maximum atomic E-state index is 15.2. The third-order valence-corrected chi connectivity index (χ3v) is 16.6. The number of rotatable bonds is 46. The first-order valence-corrected chi connectivity index (χ1v) is 32.5. The second-order valence-electron chi connectivity index (χ2n) is 23.1. The molecule has 0 saturated carbocycles. The molecule has 2 amide bonds. The van der Waals surface area contributed by atoms with Gasteiger partial charge in [-0.25, -0.2) is 9.13 Å². The number of unbranched alkanes of at least 4 members (excludes halogenated alkanes) is 32. The summed E-state index contributed by atoms with van der Waals surface area (Å²) in [5.74, 6) is 0.0825. The molecule has 0 radical (unpaired) electrons. The summed E-state index contributed by atoms with van der Waals surface area (Å²) in [5.41, 5.74) is 3.60. The summed E-state index contributed by atoms with van der Waals surface area (Å²) in [4.78, 5) is 31.5. The Bertz CT molecular complexity index is 2200. The van der Waals surface area contributed by atoms with E-state index in [4.69, 9.17) is 0 Å². The molecule has 0 aliphatic rings. The van der Waals surface area contributed by atoms with Gasteiger partial charge in [0.15, 0.2) is 24.8 Å². The number of pyridine rings is 2. The van der Waals surface area contributed by atoms with Crippen LogP contribution < -0.4 is 14.5 Å². The number of aryl methyl sites for hydroxylation is 2. The molecule has 0 fully saturated rings. The van der Waals surface area contributed by atoms with Gasteiger partial charge in [0.2, 0.25) is 11.8 Å². The van der Waals surface area contributed by atoms with Gasteiger partial charge in [-0.1, -0.05) is 255 Å². The van der Waals surface area contributed by atoms with Crippen LogP contribution in [-0.2, 0) is 29.1 Å². The van der Waals surface area contributed by atoms with Crippen LogP contribution >= 0.6 is 0 Å². The van der Waals surface area contributed by atoms with Gasteiger partial charge in [-0.3, -0.25) is 9.59 Å². The smallest absolute Gasteiger partial charge is 0.245 e. The molecular formula is C71H110N4O2+2. The Morgan fingerprint density at radius 3 is 1.19 bits per heavy atom. The standard InChI is InChI=1S/C71H109N4O2/c1-4-7-9-11-13-15-17-19-21-23-25-27-29-31-33-42-54-75(55-43-34-32-30-28-26-24-22-20-18-16-14-12-10-8-5-2)71(77)69(61-68-66-46-39-37-44-64(66)60-65-45-38-40-47-67(65)68)72-70(76)48-36-35-41-53-74-58-51-63(52-59-74)62-49-56-73(6-3)57-50-62/h37-40,44-47,49-52,56-60,69H,4-36,41-43,48,53-55,61H2,1-3H3/q+1/p+1. The summed E-state index contributed by atoms with van der Waals surface area (Å²) in [7, 11) is 0. The lowest BCUT2D eigenvalue weighted by Gasteiger charge is -2.29. The fraction of sp³-hybridized carbons (Fsp3) is 0.634. The van der Waals surface area contributed by atoms with Crippen molar-refractivity contribution in [3.63, 3.8) is 0 Å². The molecule has 77 heavy (non-hydrogen) atoms.